The molecule has 1 N–H and O–H groups in total. The lowest BCUT2D eigenvalue weighted by molar-refractivity contribution is 0.232. The highest BCUT2D eigenvalue weighted by Gasteiger charge is 2.07. The van der Waals surface area contributed by atoms with Crippen LogP contribution in [0.5, 0.6) is 5.88 Å². The van der Waals surface area contributed by atoms with Crippen molar-refractivity contribution in [2.45, 2.75) is 32.9 Å². The number of thiophene rings is 1. The van der Waals surface area contributed by atoms with Gasteiger partial charge in [0.15, 0.2) is 5.96 Å². The minimum atomic E-state index is 0. The summed E-state index contributed by atoms with van der Waals surface area (Å²) in [7, 11) is 3.86. The van der Waals surface area contributed by atoms with E-state index in [-0.39, 0.29) is 30.1 Å². The molecule has 138 valence electrons. The minimum absolute atomic E-state index is 0. The molecule has 0 bridgehead atoms. The molecule has 0 saturated heterocycles. The minimum Gasteiger partial charge on any atom is -0.475 e. The number of nitrogens with one attached hydrogen (secondary N) is 1. The number of hydrogen-bond donors (Lipinski definition) is 1. The number of guanidine groups is 1. The van der Waals surface area contributed by atoms with Crippen LogP contribution in [0.2, 0.25) is 0 Å². The Morgan fingerprint density at radius 2 is 2.16 bits per heavy atom. The van der Waals surface area contributed by atoms with Crippen LogP contribution in [0.4, 0.5) is 0 Å². The van der Waals surface area contributed by atoms with E-state index in [1.807, 2.05) is 39.2 Å². The molecule has 25 heavy (non-hydrogen) atoms. The van der Waals surface area contributed by atoms with Gasteiger partial charge in [0, 0.05) is 44.3 Å². The van der Waals surface area contributed by atoms with Crippen molar-refractivity contribution >= 4 is 41.3 Å². The van der Waals surface area contributed by atoms with Gasteiger partial charge in [-0.3, -0.25) is 4.99 Å². The zero-order chi connectivity index (χ0) is 17.4. The number of halogens is 1. The van der Waals surface area contributed by atoms with Crippen LogP contribution in [-0.2, 0) is 13.0 Å². The number of nitrogens with zero attached hydrogens (tertiary/aromatic N) is 3. The molecule has 0 radical (unpaired) electrons. The van der Waals surface area contributed by atoms with E-state index >= 15 is 0 Å². The van der Waals surface area contributed by atoms with Gasteiger partial charge in [0.25, 0.3) is 0 Å². The molecule has 7 heteroatoms. The van der Waals surface area contributed by atoms with Crippen LogP contribution >= 0.6 is 35.3 Å². The summed E-state index contributed by atoms with van der Waals surface area (Å²) in [5.41, 5.74) is 1.10. The quantitative estimate of drug-likeness (QED) is 0.377. The van der Waals surface area contributed by atoms with Gasteiger partial charge in [-0.2, -0.15) is 0 Å². The first-order valence-corrected chi connectivity index (χ1v) is 9.02. The van der Waals surface area contributed by atoms with Crippen molar-refractivity contribution in [3.63, 3.8) is 0 Å². The molecule has 0 spiro atoms. The lowest BCUT2D eigenvalue weighted by Gasteiger charge is -2.21. The average Bonchev–Trinajstić information content (AvgIpc) is 3.08. The van der Waals surface area contributed by atoms with Crippen LogP contribution in [0.25, 0.3) is 0 Å². The molecule has 0 unspecified atom stereocenters. The largest absolute Gasteiger partial charge is 0.475 e. The first-order chi connectivity index (χ1) is 11.6. The molecule has 0 amide bonds. The van der Waals surface area contributed by atoms with Crippen molar-refractivity contribution in [3.05, 3.63) is 46.3 Å². The van der Waals surface area contributed by atoms with Crippen molar-refractivity contribution in [2.24, 2.45) is 4.99 Å². The number of aromatic nitrogens is 1. The van der Waals surface area contributed by atoms with Crippen molar-refractivity contribution in [3.8, 4) is 5.88 Å². The maximum Gasteiger partial charge on any atom is 0.213 e. The van der Waals surface area contributed by atoms with E-state index in [4.69, 9.17) is 4.74 Å². The molecule has 2 aromatic heterocycles. The van der Waals surface area contributed by atoms with Gasteiger partial charge in [-0.05, 0) is 37.3 Å². The van der Waals surface area contributed by atoms with Gasteiger partial charge in [0.05, 0.1) is 6.10 Å². The predicted octanol–water partition coefficient (Wildman–Crippen LogP) is 3.80. The first kappa shape index (κ1) is 21.7. The fourth-order valence-corrected chi connectivity index (χ4v) is 2.93. The van der Waals surface area contributed by atoms with E-state index in [2.05, 4.69) is 44.8 Å². The van der Waals surface area contributed by atoms with Gasteiger partial charge in [-0.25, -0.2) is 4.98 Å². The fraction of sp³-hybridized carbons (Fsp3) is 0.444. The van der Waals surface area contributed by atoms with E-state index in [0.29, 0.717) is 12.4 Å². The van der Waals surface area contributed by atoms with Gasteiger partial charge < -0.3 is 15.0 Å². The van der Waals surface area contributed by atoms with E-state index in [9.17, 15) is 0 Å². The maximum absolute atomic E-state index is 5.56. The van der Waals surface area contributed by atoms with Gasteiger partial charge in [0.1, 0.15) is 0 Å². The second-order valence-corrected chi connectivity index (χ2v) is 6.86. The number of rotatable bonds is 7. The summed E-state index contributed by atoms with van der Waals surface area (Å²) >= 11 is 1.79. The molecular formula is C18H27IN4OS. The summed E-state index contributed by atoms with van der Waals surface area (Å²) in [6.45, 7) is 5.60. The highest BCUT2D eigenvalue weighted by Crippen LogP contribution is 2.10. The number of ether oxygens (including phenoxy) is 1. The summed E-state index contributed by atoms with van der Waals surface area (Å²) in [6.07, 6.45) is 3.00. The van der Waals surface area contributed by atoms with Crippen LogP contribution in [0, 0.1) is 0 Å². The molecule has 2 rings (SSSR count). The summed E-state index contributed by atoms with van der Waals surface area (Å²) in [5.74, 6) is 1.54. The normalized spacial score (nSPS) is 11.2. The molecule has 0 saturated carbocycles. The van der Waals surface area contributed by atoms with Gasteiger partial charge >= 0.3 is 0 Å². The molecule has 0 aliphatic rings. The smallest absolute Gasteiger partial charge is 0.213 e. The zero-order valence-corrected chi connectivity index (χ0v) is 18.4. The Balaban J connectivity index is 0.00000312. The third-order valence-corrected chi connectivity index (χ3v) is 4.39. The molecule has 0 aliphatic heterocycles. The zero-order valence-electron chi connectivity index (χ0n) is 15.2. The van der Waals surface area contributed by atoms with Crippen LogP contribution in [0.15, 0.2) is 40.8 Å². The Hall–Kier alpha value is -1.35. The predicted molar refractivity (Wildman–Crippen MR) is 116 cm³/mol. The Bertz CT molecular complexity index is 629. The number of aliphatic imine (C=N–C) groups is 1. The van der Waals surface area contributed by atoms with Crippen molar-refractivity contribution in [1.82, 2.24) is 15.2 Å². The molecule has 2 aromatic rings. The average molecular weight is 474 g/mol. The molecule has 0 aromatic carbocycles. The summed E-state index contributed by atoms with van der Waals surface area (Å²) in [6, 6.07) is 8.19. The Labute approximate surface area is 171 Å². The van der Waals surface area contributed by atoms with Crippen LogP contribution in [0.1, 0.15) is 24.3 Å². The highest BCUT2D eigenvalue weighted by atomic mass is 127. The topological polar surface area (TPSA) is 49.8 Å². The SMILES string of the molecule is CN=C(NCc1ccc(OC(C)C)nc1)N(C)CCc1cccs1.I. The lowest BCUT2D eigenvalue weighted by atomic mass is 10.3. The van der Waals surface area contributed by atoms with Crippen LogP contribution < -0.4 is 10.1 Å². The monoisotopic (exact) mass is 474 g/mol. The Morgan fingerprint density at radius 1 is 1.36 bits per heavy atom. The van der Waals surface area contributed by atoms with E-state index < -0.39 is 0 Å². The van der Waals surface area contributed by atoms with E-state index in [0.717, 1.165) is 24.5 Å². The number of pyridine rings is 1. The van der Waals surface area contributed by atoms with E-state index in [1.165, 1.54) is 4.88 Å². The number of likely N-dealkylation sites (N-methyl/N-ethyl adjacent to an activating group) is 1. The molecule has 0 atom stereocenters. The van der Waals surface area contributed by atoms with Gasteiger partial charge in [-0.15, -0.1) is 35.3 Å². The molecular weight excluding hydrogens is 447 g/mol. The highest BCUT2D eigenvalue weighted by molar-refractivity contribution is 14.0. The second kappa shape index (κ2) is 11.3. The number of hydrogen-bond acceptors (Lipinski definition) is 4. The standard InChI is InChI=1S/C18H26N4OS.HI/c1-14(2)23-17-8-7-15(12-20-17)13-21-18(19-3)22(4)10-9-16-6-5-11-24-16;/h5-8,11-12,14H,9-10,13H2,1-4H3,(H,19,21);1H. The third-order valence-electron chi connectivity index (χ3n) is 3.45. The lowest BCUT2D eigenvalue weighted by Crippen LogP contribution is -2.39. The van der Waals surface area contributed by atoms with Crippen molar-refractivity contribution < 1.29 is 4.74 Å². The summed E-state index contributed by atoms with van der Waals surface area (Å²) < 4.78 is 5.56. The Kier molecular flexibility index (Phi) is 9.81. The molecule has 0 fully saturated rings. The van der Waals surface area contributed by atoms with Gasteiger partial charge in [0.2, 0.25) is 5.88 Å². The molecule has 5 nitrogen and oxygen atoms in total. The molecule has 0 aliphatic carbocycles. The molecule has 2 heterocycles. The first-order valence-electron chi connectivity index (χ1n) is 8.14. The maximum atomic E-state index is 5.56. The van der Waals surface area contributed by atoms with Gasteiger partial charge in [-0.1, -0.05) is 12.1 Å². The Morgan fingerprint density at radius 3 is 2.72 bits per heavy atom. The van der Waals surface area contributed by atoms with Crippen molar-refractivity contribution in [2.75, 3.05) is 20.6 Å². The van der Waals surface area contributed by atoms with Crippen molar-refractivity contribution in [1.29, 1.82) is 0 Å². The van der Waals surface area contributed by atoms with Crippen LogP contribution in [0.3, 0.4) is 0 Å². The van der Waals surface area contributed by atoms with Crippen LogP contribution in [-0.4, -0.2) is 42.6 Å². The summed E-state index contributed by atoms with van der Waals surface area (Å²) in [4.78, 5) is 12.2. The third kappa shape index (κ3) is 7.60. The second-order valence-electron chi connectivity index (χ2n) is 5.82. The fourth-order valence-electron chi connectivity index (χ4n) is 2.23. The van der Waals surface area contributed by atoms with E-state index in [1.54, 1.807) is 11.3 Å². The summed E-state index contributed by atoms with van der Waals surface area (Å²) in [5, 5.41) is 5.49.